The highest BCUT2D eigenvalue weighted by Crippen LogP contribution is 2.29. The van der Waals surface area contributed by atoms with Gasteiger partial charge in [0.15, 0.2) is 0 Å². The predicted octanol–water partition coefficient (Wildman–Crippen LogP) is 2.89. The molecule has 7 heteroatoms. The zero-order chi connectivity index (χ0) is 17.1. The Balaban J connectivity index is 0.00000225. The number of para-hydroxylation sites is 1. The Labute approximate surface area is 159 Å². The highest BCUT2D eigenvalue weighted by Gasteiger charge is 2.34. The number of carbonyl (C=O) groups excluding carboxylic acids is 2. The van der Waals surface area contributed by atoms with Gasteiger partial charge in [0.1, 0.15) is 6.04 Å². The summed E-state index contributed by atoms with van der Waals surface area (Å²) in [6, 6.07) is 6.93. The lowest BCUT2D eigenvalue weighted by Crippen LogP contribution is -2.54. The summed E-state index contributed by atoms with van der Waals surface area (Å²) in [4.78, 5) is 27.0. The molecule has 3 unspecified atom stereocenters. The largest absolute Gasteiger partial charge is 0.344 e. The molecule has 1 aromatic carbocycles. The van der Waals surface area contributed by atoms with E-state index in [0.29, 0.717) is 30.1 Å². The van der Waals surface area contributed by atoms with Gasteiger partial charge in [0.05, 0.1) is 10.7 Å². The second kappa shape index (κ2) is 8.88. The fraction of sp³-hybridized carbons (Fsp3) is 0.556. The third kappa shape index (κ3) is 4.66. The molecule has 0 radical (unpaired) electrons. The Bertz CT molecular complexity index is 626. The van der Waals surface area contributed by atoms with E-state index in [4.69, 9.17) is 17.3 Å². The van der Waals surface area contributed by atoms with E-state index in [2.05, 4.69) is 5.32 Å². The normalized spacial score (nSPS) is 26.7. The lowest BCUT2D eigenvalue weighted by Gasteiger charge is -2.34. The first kappa shape index (κ1) is 20.0. The van der Waals surface area contributed by atoms with E-state index in [1.807, 2.05) is 18.2 Å². The molecule has 5 nitrogen and oxygen atoms in total. The van der Waals surface area contributed by atoms with Gasteiger partial charge in [0.2, 0.25) is 11.8 Å². The third-order valence-electron chi connectivity index (χ3n) is 4.98. The van der Waals surface area contributed by atoms with Gasteiger partial charge >= 0.3 is 0 Å². The highest BCUT2D eigenvalue weighted by molar-refractivity contribution is 6.33. The van der Waals surface area contributed by atoms with Crippen LogP contribution >= 0.6 is 24.0 Å². The van der Waals surface area contributed by atoms with Crippen molar-refractivity contribution in [2.75, 3.05) is 11.4 Å². The topological polar surface area (TPSA) is 75.4 Å². The van der Waals surface area contributed by atoms with E-state index in [-0.39, 0.29) is 36.2 Å². The molecule has 0 bridgehead atoms. The maximum absolute atomic E-state index is 12.8. The van der Waals surface area contributed by atoms with Crippen molar-refractivity contribution in [2.24, 2.45) is 11.7 Å². The number of hydrogen-bond donors (Lipinski definition) is 2. The summed E-state index contributed by atoms with van der Waals surface area (Å²) in [6.07, 6.45) is 5.03. The summed E-state index contributed by atoms with van der Waals surface area (Å²) in [7, 11) is 0. The van der Waals surface area contributed by atoms with Crippen LogP contribution in [0.5, 0.6) is 0 Å². The first-order chi connectivity index (χ1) is 11.6. The number of amides is 2. The van der Waals surface area contributed by atoms with Gasteiger partial charge < -0.3 is 16.0 Å². The smallest absolute Gasteiger partial charge is 0.249 e. The first-order valence-electron chi connectivity index (χ1n) is 8.68. The van der Waals surface area contributed by atoms with E-state index < -0.39 is 6.04 Å². The van der Waals surface area contributed by atoms with Crippen molar-refractivity contribution in [1.82, 2.24) is 5.32 Å². The van der Waals surface area contributed by atoms with E-state index in [1.54, 1.807) is 11.0 Å². The molecule has 138 valence electrons. The van der Waals surface area contributed by atoms with E-state index in [1.165, 1.54) is 0 Å². The minimum Gasteiger partial charge on any atom is -0.344 e. The number of halogens is 2. The summed E-state index contributed by atoms with van der Waals surface area (Å²) < 4.78 is 0. The van der Waals surface area contributed by atoms with Gasteiger partial charge in [0.25, 0.3) is 0 Å². The highest BCUT2D eigenvalue weighted by atomic mass is 35.5. The van der Waals surface area contributed by atoms with Crippen molar-refractivity contribution in [3.8, 4) is 0 Å². The number of nitrogens with two attached hydrogens (primary N) is 1. The number of piperidine rings is 1. The second-order valence-electron chi connectivity index (χ2n) is 6.77. The average Bonchev–Trinajstić information content (AvgIpc) is 2.57. The minimum atomic E-state index is -0.472. The average molecular weight is 386 g/mol. The van der Waals surface area contributed by atoms with Crippen molar-refractivity contribution in [3.05, 3.63) is 29.3 Å². The van der Waals surface area contributed by atoms with Crippen molar-refractivity contribution < 1.29 is 9.59 Å². The molecule has 3 atom stereocenters. The molecular formula is C18H25Cl2N3O2. The first-order valence-corrected chi connectivity index (χ1v) is 9.06. The van der Waals surface area contributed by atoms with Crippen LogP contribution in [0.4, 0.5) is 5.69 Å². The number of nitrogens with one attached hydrogen (secondary N) is 1. The number of rotatable bonds is 3. The standard InChI is InChI=1S/C18H24ClN3O2.ClH/c19-14-7-1-2-9-16(14)22-10-4-8-15(18(22)24)21-17(23)12-5-3-6-13(20)11-12;/h1-2,7,9,12-13,15H,3-6,8,10-11,20H2,(H,21,23);1H. The zero-order valence-corrected chi connectivity index (χ0v) is 15.7. The Morgan fingerprint density at radius 1 is 1.20 bits per heavy atom. The van der Waals surface area contributed by atoms with Crippen LogP contribution in [-0.2, 0) is 9.59 Å². The summed E-state index contributed by atoms with van der Waals surface area (Å²) in [6.45, 7) is 0.628. The zero-order valence-electron chi connectivity index (χ0n) is 14.1. The van der Waals surface area contributed by atoms with Gasteiger partial charge in [-0.1, -0.05) is 30.2 Å². The number of nitrogens with zero attached hydrogens (tertiary/aromatic N) is 1. The van der Waals surface area contributed by atoms with Gasteiger partial charge in [-0.3, -0.25) is 9.59 Å². The van der Waals surface area contributed by atoms with E-state index in [0.717, 1.165) is 25.7 Å². The molecule has 1 saturated carbocycles. The van der Waals surface area contributed by atoms with Crippen LogP contribution in [0.25, 0.3) is 0 Å². The molecular weight excluding hydrogens is 361 g/mol. The molecule has 0 aromatic heterocycles. The Hall–Kier alpha value is -1.30. The minimum absolute atomic E-state index is 0. The predicted molar refractivity (Wildman–Crippen MR) is 102 cm³/mol. The summed E-state index contributed by atoms with van der Waals surface area (Å²) in [5, 5.41) is 3.50. The van der Waals surface area contributed by atoms with Crippen LogP contribution in [0, 0.1) is 5.92 Å². The van der Waals surface area contributed by atoms with Crippen molar-refractivity contribution in [1.29, 1.82) is 0 Å². The molecule has 0 spiro atoms. The fourth-order valence-electron chi connectivity index (χ4n) is 3.67. The van der Waals surface area contributed by atoms with Gasteiger partial charge in [-0.25, -0.2) is 0 Å². The van der Waals surface area contributed by atoms with Crippen LogP contribution in [0.15, 0.2) is 24.3 Å². The molecule has 3 N–H and O–H groups in total. The SMILES string of the molecule is Cl.NC1CCCC(C(=O)NC2CCCN(c3ccccc3Cl)C2=O)C1. The molecule has 1 saturated heterocycles. The number of anilines is 1. The van der Waals surface area contributed by atoms with Crippen LogP contribution in [0.1, 0.15) is 38.5 Å². The molecule has 1 aliphatic heterocycles. The molecule has 3 rings (SSSR count). The molecule has 2 aliphatic rings. The van der Waals surface area contributed by atoms with Crippen LogP contribution in [-0.4, -0.2) is 30.4 Å². The van der Waals surface area contributed by atoms with Gasteiger partial charge in [-0.2, -0.15) is 0 Å². The Morgan fingerprint density at radius 3 is 2.68 bits per heavy atom. The van der Waals surface area contributed by atoms with Gasteiger partial charge in [0, 0.05) is 18.5 Å². The van der Waals surface area contributed by atoms with Crippen LogP contribution in [0.2, 0.25) is 5.02 Å². The third-order valence-corrected chi connectivity index (χ3v) is 5.30. The van der Waals surface area contributed by atoms with Gasteiger partial charge in [-0.05, 0) is 44.2 Å². The maximum atomic E-state index is 12.8. The second-order valence-corrected chi connectivity index (χ2v) is 7.18. The monoisotopic (exact) mass is 385 g/mol. The van der Waals surface area contributed by atoms with Crippen LogP contribution in [0.3, 0.4) is 0 Å². The Morgan fingerprint density at radius 2 is 1.96 bits per heavy atom. The summed E-state index contributed by atoms with van der Waals surface area (Å²) in [5.41, 5.74) is 6.68. The van der Waals surface area contributed by atoms with E-state index >= 15 is 0 Å². The maximum Gasteiger partial charge on any atom is 0.249 e. The number of carbonyl (C=O) groups is 2. The van der Waals surface area contributed by atoms with Gasteiger partial charge in [-0.15, -0.1) is 12.4 Å². The summed E-state index contributed by atoms with van der Waals surface area (Å²) in [5.74, 6) is -0.190. The number of hydrogen-bond acceptors (Lipinski definition) is 3. The molecule has 2 fully saturated rings. The molecule has 2 amide bonds. The number of benzene rings is 1. The lowest BCUT2D eigenvalue weighted by molar-refractivity contribution is -0.131. The Kier molecular flexibility index (Phi) is 7.11. The molecule has 25 heavy (non-hydrogen) atoms. The van der Waals surface area contributed by atoms with Crippen LogP contribution < -0.4 is 16.0 Å². The van der Waals surface area contributed by atoms with Crippen molar-refractivity contribution in [2.45, 2.75) is 50.6 Å². The summed E-state index contributed by atoms with van der Waals surface area (Å²) >= 11 is 6.22. The van der Waals surface area contributed by atoms with Crippen molar-refractivity contribution >= 4 is 41.5 Å². The lowest BCUT2D eigenvalue weighted by atomic mass is 9.85. The molecule has 1 aliphatic carbocycles. The molecule has 1 aromatic rings. The van der Waals surface area contributed by atoms with E-state index in [9.17, 15) is 9.59 Å². The quantitative estimate of drug-likeness (QED) is 0.839. The molecule has 1 heterocycles. The fourth-order valence-corrected chi connectivity index (χ4v) is 3.91. The van der Waals surface area contributed by atoms with Crippen molar-refractivity contribution in [3.63, 3.8) is 0 Å².